The molecule has 1 aromatic carbocycles. The summed E-state index contributed by atoms with van der Waals surface area (Å²) in [6, 6.07) is 7.28. The van der Waals surface area contributed by atoms with Crippen molar-refractivity contribution < 1.29 is 17.0 Å². The van der Waals surface area contributed by atoms with Gasteiger partial charge in [0.25, 0.3) is 0 Å². The lowest BCUT2D eigenvalue weighted by Crippen LogP contribution is -3.00. The molecule has 0 aliphatic heterocycles. The van der Waals surface area contributed by atoms with Crippen LogP contribution in [0.4, 0.5) is 17.3 Å². The van der Waals surface area contributed by atoms with Gasteiger partial charge in [-0.15, -0.1) is 0 Å². The first-order valence-electron chi connectivity index (χ1n) is 4.95. The maximum atomic E-state index is 5.59. The molecule has 2 rings (SSSR count). The monoisotopic (exact) mass is 251 g/mol. The molecule has 0 radical (unpaired) electrons. The predicted molar refractivity (Wildman–Crippen MR) is 61.6 cm³/mol. The van der Waals surface area contributed by atoms with Gasteiger partial charge in [-0.05, 0) is 24.3 Å². The van der Waals surface area contributed by atoms with Gasteiger partial charge in [-0.1, -0.05) is 5.11 Å². The molecular formula is C11H14ClN5. The van der Waals surface area contributed by atoms with Crippen molar-refractivity contribution in [2.75, 3.05) is 5.73 Å². The van der Waals surface area contributed by atoms with Gasteiger partial charge in [0.15, 0.2) is 0 Å². The molecule has 1 heterocycles. The van der Waals surface area contributed by atoms with E-state index in [0.29, 0.717) is 0 Å². The lowest BCUT2D eigenvalue weighted by Gasteiger charge is -1.91. The lowest BCUT2D eigenvalue weighted by atomic mass is 10.3. The third-order valence-electron chi connectivity index (χ3n) is 2.29. The second kappa shape index (κ2) is 5.45. The summed E-state index contributed by atoms with van der Waals surface area (Å²) < 4.78 is 3.81. The predicted octanol–water partition coefficient (Wildman–Crippen LogP) is -1.15. The first-order chi connectivity index (χ1) is 7.66. The van der Waals surface area contributed by atoms with Crippen molar-refractivity contribution in [1.29, 1.82) is 0 Å². The van der Waals surface area contributed by atoms with Gasteiger partial charge in [-0.25, -0.2) is 9.13 Å². The second-order valence-corrected chi connectivity index (χ2v) is 3.61. The first kappa shape index (κ1) is 13.2. The summed E-state index contributed by atoms with van der Waals surface area (Å²) in [7, 11) is 3.86. The van der Waals surface area contributed by atoms with Crippen molar-refractivity contribution >= 4 is 17.3 Å². The number of halogens is 1. The molecule has 2 aromatic rings. The van der Waals surface area contributed by atoms with Crippen LogP contribution in [0.5, 0.6) is 0 Å². The average Bonchev–Trinajstić information content (AvgIpc) is 2.59. The molecule has 2 N–H and O–H groups in total. The molecule has 0 aliphatic rings. The topological polar surface area (TPSA) is 59.5 Å². The molecule has 0 saturated carbocycles. The molecule has 6 heteroatoms. The van der Waals surface area contributed by atoms with Crippen molar-refractivity contribution in [3.63, 3.8) is 0 Å². The van der Waals surface area contributed by atoms with Crippen molar-refractivity contribution in [2.45, 2.75) is 0 Å². The summed E-state index contributed by atoms with van der Waals surface area (Å²) in [5, 5.41) is 8.31. The van der Waals surface area contributed by atoms with Crippen LogP contribution in [-0.2, 0) is 14.1 Å². The number of hydrogen-bond donors (Lipinski definition) is 1. The molecule has 0 fully saturated rings. The number of hydrogen-bond acceptors (Lipinski definition) is 3. The Morgan fingerprint density at radius 2 is 1.82 bits per heavy atom. The van der Waals surface area contributed by atoms with Crippen LogP contribution in [0.3, 0.4) is 0 Å². The van der Waals surface area contributed by atoms with Gasteiger partial charge in [0.05, 0.1) is 26.5 Å². The summed E-state index contributed by atoms with van der Waals surface area (Å²) in [5.41, 5.74) is 7.10. The minimum Gasteiger partial charge on any atom is -1.00 e. The van der Waals surface area contributed by atoms with Crippen LogP contribution < -0.4 is 22.7 Å². The highest BCUT2D eigenvalue weighted by molar-refractivity contribution is 5.47. The molecule has 0 bridgehead atoms. The Kier molecular flexibility index (Phi) is 4.23. The highest BCUT2D eigenvalue weighted by atomic mass is 35.5. The SMILES string of the molecule is Cn1cc[n+](C)c1N=Nc1ccc(N)cc1.[Cl-]. The molecule has 90 valence electrons. The summed E-state index contributed by atoms with van der Waals surface area (Å²) in [6.45, 7) is 0. The molecule has 17 heavy (non-hydrogen) atoms. The Labute approximate surface area is 106 Å². The number of nitrogens with zero attached hydrogens (tertiary/aromatic N) is 4. The van der Waals surface area contributed by atoms with E-state index in [1.807, 2.05) is 47.8 Å². The Hall–Kier alpha value is -1.88. The number of azo groups is 1. The van der Waals surface area contributed by atoms with Crippen LogP contribution in [0.25, 0.3) is 0 Å². The zero-order chi connectivity index (χ0) is 11.5. The van der Waals surface area contributed by atoms with Crippen LogP contribution in [0.15, 0.2) is 46.9 Å². The third kappa shape index (κ3) is 3.04. The smallest absolute Gasteiger partial charge is 0.421 e. The van der Waals surface area contributed by atoms with Gasteiger partial charge in [-0.3, -0.25) is 0 Å². The Morgan fingerprint density at radius 1 is 1.18 bits per heavy atom. The quantitative estimate of drug-likeness (QED) is 0.409. The molecule has 0 aliphatic carbocycles. The van der Waals surface area contributed by atoms with E-state index in [0.717, 1.165) is 17.3 Å². The van der Waals surface area contributed by atoms with Crippen molar-refractivity contribution in [3.8, 4) is 0 Å². The Bertz CT molecular complexity index is 496. The van der Waals surface area contributed by atoms with Gasteiger partial charge < -0.3 is 18.1 Å². The molecule has 0 unspecified atom stereocenters. The molecule has 0 spiro atoms. The molecule has 0 amide bonds. The lowest BCUT2D eigenvalue weighted by molar-refractivity contribution is -0.657. The number of nitrogens with two attached hydrogens (primary N) is 1. The third-order valence-corrected chi connectivity index (χ3v) is 2.29. The van der Waals surface area contributed by atoms with E-state index in [1.54, 1.807) is 12.1 Å². The van der Waals surface area contributed by atoms with Gasteiger partial charge in [0.1, 0.15) is 5.69 Å². The normalized spacial score (nSPS) is 10.5. The second-order valence-electron chi connectivity index (χ2n) is 3.61. The van der Waals surface area contributed by atoms with Crippen LogP contribution >= 0.6 is 0 Å². The maximum Gasteiger partial charge on any atom is 0.421 e. The molecular weight excluding hydrogens is 238 g/mol. The van der Waals surface area contributed by atoms with Crippen molar-refractivity contribution in [3.05, 3.63) is 36.7 Å². The van der Waals surface area contributed by atoms with Gasteiger partial charge in [0, 0.05) is 10.8 Å². The summed E-state index contributed by atoms with van der Waals surface area (Å²) >= 11 is 0. The number of rotatable bonds is 2. The zero-order valence-corrected chi connectivity index (χ0v) is 10.5. The van der Waals surface area contributed by atoms with Crippen molar-refractivity contribution in [1.82, 2.24) is 4.57 Å². The standard InChI is InChI=1S/C11H13N5.ClH/c1-15-7-8-16(2)11(15)14-13-10-5-3-9(12)4-6-10;/h3-8,12H,1-2H3;1H. The van der Waals surface area contributed by atoms with Crippen LogP contribution in [-0.4, -0.2) is 4.57 Å². The molecule has 0 saturated heterocycles. The number of anilines is 1. The summed E-state index contributed by atoms with van der Waals surface area (Å²) in [5.74, 6) is 0.789. The maximum absolute atomic E-state index is 5.59. The van der Waals surface area contributed by atoms with Crippen LogP contribution in [0.2, 0.25) is 0 Å². The van der Waals surface area contributed by atoms with Crippen molar-refractivity contribution in [2.24, 2.45) is 24.3 Å². The molecule has 0 atom stereocenters. The summed E-state index contributed by atoms with van der Waals surface area (Å²) in [6.07, 6.45) is 3.86. The van der Waals surface area contributed by atoms with E-state index in [-0.39, 0.29) is 12.4 Å². The molecule has 1 aromatic heterocycles. The minimum atomic E-state index is 0. The fourth-order valence-corrected chi connectivity index (χ4v) is 1.37. The highest BCUT2D eigenvalue weighted by Crippen LogP contribution is 2.16. The minimum absolute atomic E-state index is 0. The number of benzene rings is 1. The van der Waals surface area contributed by atoms with Gasteiger partial charge in [-0.2, -0.15) is 0 Å². The van der Waals surface area contributed by atoms with Gasteiger partial charge in [0.2, 0.25) is 0 Å². The van der Waals surface area contributed by atoms with E-state index in [4.69, 9.17) is 5.73 Å². The van der Waals surface area contributed by atoms with E-state index in [2.05, 4.69) is 10.2 Å². The number of imidazole rings is 1. The van der Waals surface area contributed by atoms with E-state index >= 15 is 0 Å². The Morgan fingerprint density at radius 3 is 2.35 bits per heavy atom. The Balaban J connectivity index is 0.00000144. The number of aromatic nitrogens is 2. The number of aryl methyl sites for hydroxylation is 2. The average molecular weight is 252 g/mol. The van der Waals surface area contributed by atoms with E-state index in [1.165, 1.54) is 0 Å². The highest BCUT2D eigenvalue weighted by Gasteiger charge is 2.09. The van der Waals surface area contributed by atoms with E-state index < -0.39 is 0 Å². The molecule has 5 nitrogen and oxygen atoms in total. The van der Waals surface area contributed by atoms with E-state index in [9.17, 15) is 0 Å². The fraction of sp³-hybridized carbons (Fsp3) is 0.182. The van der Waals surface area contributed by atoms with Crippen LogP contribution in [0.1, 0.15) is 0 Å². The van der Waals surface area contributed by atoms with Gasteiger partial charge >= 0.3 is 5.95 Å². The number of nitrogen functional groups attached to an aromatic ring is 1. The largest absolute Gasteiger partial charge is 1.00 e. The first-order valence-corrected chi connectivity index (χ1v) is 4.95. The summed E-state index contributed by atoms with van der Waals surface area (Å²) in [4.78, 5) is 0. The fourth-order valence-electron chi connectivity index (χ4n) is 1.37. The zero-order valence-electron chi connectivity index (χ0n) is 9.71. The van der Waals surface area contributed by atoms with Crippen LogP contribution in [0, 0.1) is 0 Å².